The predicted octanol–water partition coefficient (Wildman–Crippen LogP) is 4.85. The van der Waals surface area contributed by atoms with Crippen molar-refractivity contribution < 1.29 is 18.8 Å². The maximum Gasteiger partial charge on any atom is 0.295 e. The third-order valence-corrected chi connectivity index (χ3v) is 6.89. The molecule has 162 valence electrons. The summed E-state index contributed by atoms with van der Waals surface area (Å²) in [7, 11) is 0. The third-order valence-electron chi connectivity index (χ3n) is 6.89. The fraction of sp³-hybridized carbons (Fsp3) is 0.480. The molecule has 6 nitrogen and oxygen atoms in total. The lowest BCUT2D eigenvalue weighted by molar-refractivity contribution is -0.132. The Morgan fingerprint density at radius 3 is 2.52 bits per heavy atom. The smallest absolute Gasteiger partial charge is 0.295 e. The SMILES string of the molecule is Cc1cc(N2C(=O)C3=C(C(=O)C4CC(C)CCC4O3)C2c2ccc(C(C)C)cc2)no1. The second kappa shape index (κ2) is 7.36. The second-order valence-corrected chi connectivity index (χ2v) is 9.48. The molecule has 0 spiro atoms. The molecule has 0 saturated heterocycles. The first-order valence-electron chi connectivity index (χ1n) is 11.2. The number of aryl methyl sites for hydroxylation is 1. The Hall–Kier alpha value is -2.89. The standard InChI is InChI=1S/C25H28N2O4/c1-13(2)16-6-8-17(9-7-16)22-21-23(28)18-11-14(3)5-10-19(18)30-24(21)25(29)27(22)20-12-15(4)31-26-20/h6-9,12-14,18-19,22H,5,10-11H2,1-4H3. The first-order chi connectivity index (χ1) is 14.8. The molecule has 2 aromatic rings. The molecule has 2 aliphatic heterocycles. The molecular formula is C25H28N2O4. The van der Waals surface area contributed by atoms with Crippen molar-refractivity contribution in [3.63, 3.8) is 0 Å². The van der Waals surface area contributed by atoms with E-state index in [0.29, 0.717) is 29.0 Å². The average Bonchev–Trinajstić information content (AvgIpc) is 3.30. The van der Waals surface area contributed by atoms with Gasteiger partial charge in [-0.25, -0.2) is 0 Å². The van der Waals surface area contributed by atoms with E-state index in [2.05, 4.69) is 38.1 Å². The zero-order valence-corrected chi connectivity index (χ0v) is 18.4. The van der Waals surface area contributed by atoms with E-state index >= 15 is 0 Å². The number of benzene rings is 1. The van der Waals surface area contributed by atoms with Gasteiger partial charge >= 0.3 is 0 Å². The van der Waals surface area contributed by atoms with Gasteiger partial charge in [0.15, 0.2) is 17.4 Å². The maximum absolute atomic E-state index is 13.7. The molecule has 3 heterocycles. The molecule has 0 N–H and O–H groups in total. The first kappa shape index (κ1) is 20.0. The summed E-state index contributed by atoms with van der Waals surface area (Å²) in [4.78, 5) is 28.8. The second-order valence-electron chi connectivity index (χ2n) is 9.48. The summed E-state index contributed by atoms with van der Waals surface area (Å²) in [6, 6.07) is 9.31. The Balaban J connectivity index is 1.62. The van der Waals surface area contributed by atoms with Crippen molar-refractivity contribution in [3.8, 4) is 0 Å². The van der Waals surface area contributed by atoms with Crippen molar-refractivity contribution in [2.75, 3.05) is 4.90 Å². The molecule has 1 aromatic heterocycles. The molecule has 1 saturated carbocycles. The highest BCUT2D eigenvalue weighted by Crippen LogP contribution is 2.48. The highest BCUT2D eigenvalue weighted by Gasteiger charge is 2.53. The van der Waals surface area contributed by atoms with Gasteiger partial charge in [-0.1, -0.05) is 50.2 Å². The van der Waals surface area contributed by atoms with Crippen LogP contribution in [0, 0.1) is 18.8 Å². The zero-order valence-electron chi connectivity index (χ0n) is 18.4. The molecule has 1 amide bonds. The van der Waals surface area contributed by atoms with Crippen LogP contribution in [0.4, 0.5) is 5.82 Å². The van der Waals surface area contributed by atoms with E-state index in [4.69, 9.17) is 9.26 Å². The number of hydrogen-bond donors (Lipinski definition) is 0. The van der Waals surface area contributed by atoms with Crippen LogP contribution in [0.2, 0.25) is 0 Å². The lowest BCUT2D eigenvalue weighted by atomic mass is 9.74. The molecule has 4 unspecified atom stereocenters. The molecule has 5 rings (SSSR count). The number of hydrogen-bond acceptors (Lipinski definition) is 5. The van der Waals surface area contributed by atoms with Crippen molar-refractivity contribution in [3.05, 3.63) is 58.6 Å². The van der Waals surface area contributed by atoms with E-state index in [1.54, 1.807) is 17.9 Å². The molecule has 1 fully saturated rings. The van der Waals surface area contributed by atoms with Crippen molar-refractivity contribution in [1.29, 1.82) is 0 Å². The first-order valence-corrected chi connectivity index (χ1v) is 11.2. The molecular weight excluding hydrogens is 392 g/mol. The number of ketones is 1. The van der Waals surface area contributed by atoms with E-state index < -0.39 is 6.04 Å². The van der Waals surface area contributed by atoms with Gasteiger partial charge < -0.3 is 9.26 Å². The predicted molar refractivity (Wildman–Crippen MR) is 115 cm³/mol. The Morgan fingerprint density at radius 2 is 1.87 bits per heavy atom. The Kier molecular flexibility index (Phi) is 4.76. The summed E-state index contributed by atoms with van der Waals surface area (Å²) in [5.41, 5.74) is 2.56. The lowest BCUT2D eigenvalue weighted by Crippen LogP contribution is -2.41. The van der Waals surface area contributed by atoms with E-state index in [1.807, 2.05) is 12.1 Å². The summed E-state index contributed by atoms with van der Waals surface area (Å²) in [6.45, 7) is 8.25. The van der Waals surface area contributed by atoms with Gasteiger partial charge in [0.05, 0.1) is 17.5 Å². The van der Waals surface area contributed by atoms with Gasteiger partial charge in [0.1, 0.15) is 11.9 Å². The number of carbonyl (C=O) groups excluding carboxylic acids is 2. The van der Waals surface area contributed by atoms with Gasteiger partial charge in [0.25, 0.3) is 5.91 Å². The van der Waals surface area contributed by atoms with Crippen molar-refractivity contribution in [2.45, 2.75) is 65.0 Å². The Labute approximate surface area is 182 Å². The van der Waals surface area contributed by atoms with Crippen LogP contribution in [0.5, 0.6) is 0 Å². The Morgan fingerprint density at radius 1 is 1.13 bits per heavy atom. The third kappa shape index (κ3) is 3.20. The summed E-state index contributed by atoms with van der Waals surface area (Å²) in [6.07, 6.45) is 2.40. The zero-order chi connectivity index (χ0) is 21.9. The highest BCUT2D eigenvalue weighted by atomic mass is 16.5. The number of fused-ring (bicyclic) bond motifs is 1. The van der Waals surface area contributed by atoms with E-state index in [1.165, 1.54) is 5.56 Å². The lowest BCUT2D eigenvalue weighted by Gasteiger charge is -2.37. The highest BCUT2D eigenvalue weighted by molar-refractivity contribution is 6.17. The number of ether oxygens (including phenoxy) is 1. The van der Waals surface area contributed by atoms with Crippen molar-refractivity contribution in [1.82, 2.24) is 5.16 Å². The number of Topliss-reactive ketones (excluding diaryl/α,β-unsaturated/α-hetero) is 1. The topological polar surface area (TPSA) is 72.6 Å². The molecule has 1 aromatic carbocycles. The summed E-state index contributed by atoms with van der Waals surface area (Å²) >= 11 is 0. The summed E-state index contributed by atoms with van der Waals surface area (Å²) in [5, 5.41) is 4.09. The van der Waals surface area contributed by atoms with Crippen LogP contribution < -0.4 is 4.90 Å². The minimum Gasteiger partial charge on any atom is -0.483 e. The minimum absolute atomic E-state index is 0.0480. The molecule has 4 atom stereocenters. The van der Waals surface area contributed by atoms with Gasteiger partial charge in [-0.2, -0.15) is 0 Å². The van der Waals surface area contributed by atoms with Crippen molar-refractivity contribution in [2.24, 2.45) is 11.8 Å². The molecule has 0 radical (unpaired) electrons. The van der Waals surface area contributed by atoms with E-state index in [-0.39, 0.29) is 29.5 Å². The van der Waals surface area contributed by atoms with Gasteiger partial charge in [-0.05, 0) is 49.1 Å². The number of nitrogens with zero attached hydrogens (tertiary/aromatic N) is 2. The fourth-order valence-electron chi connectivity index (χ4n) is 5.16. The monoisotopic (exact) mass is 420 g/mol. The van der Waals surface area contributed by atoms with Crippen molar-refractivity contribution >= 4 is 17.5 Å². The van der Waals surface area contributed by atoms with Gasteiger partial charge in [-0.3, -0.25) is 14.5 Å². The van der Waals surface area contributed by atoms with Crippen LogP contribution in [0.25, 0.3) is 0 Å². The largest absolute Gasteiger partial charge is 0.483 e. The molecule has 3 aliphatic rings. The van der Waals surface area contributed by atoms with E-state index in [9.17, 15) is 9.59 Å². The number of aromatic nitrogens is 1. The molecule has 6 heteroatoms. The van der Waals surface area contributed by atoms with Crippen LogP contribution >= 0.6 is 0 Å². The number of anilines is 1. The fourth-order valence-corrected chi connectivity index (χ4v) is 5.16. The minimum atomic E-state index is -0.557. The van der Waals surface area contributed by atoms with E-state index in [0.717, 1.165) is 24.8 Å². The average molecular weight is 421 g/mol. The Bertz CT molecular complexity index is 1070. The van der Waals surface area contributed by atoms with Crippen LogP contribution in [-0.2, 0) is 14.3 Å². The maximum atomic E-state index is 13.7. The number of rotatable bonds is 3. The van der Waals surface area contributed by atoms with Crippen LogP contribution in [0.1, 0.15) is 68.9 Å². The summed E-state index contributed by atoms with van der Waals surface area (Å²) in [5.74, 6) is 1.63. The quantitative estimate of drug-likeness (QED) is 0.710. The van der Waals surface area contributed by atoms with Crippen LogP contribution in [-0.4, -0.2) is 23.0 Å². The van der Waals surface area contributed by atoms with Crippen LogP contribution in [0.15, 0.2) is 46.2 Å². The normalized spacial score (nSPS) is 28.1. The molecule has 0 bridgehead atoms. The number of carbonyl (C=O) groups is 2. The molecule has 31 heavy (non-hydrogen) atoms. The van der Waals surface area contributed by atoms with Gasteiger partial charge in [0.2, 0.25) is 0 Å². The summed E-state index contributed by atoms with van der Waals surface area (Å²) < 4.78 is 11.5. The van der Waals surface area contributed by atoms with Gasteiger partial charge in [-0.15, -0.1) is 0 Å². The van der Waals surface area contributed by atoms with Crippen LogP contribution in [0.3, 0.4) is 0 Å². The number of amides is 1. The molecule has 1 aliphatic carbocycles. The van der Waals surface area contributed by atoms with Gasteiger partial charge in [0, 0.05) is 6.07 Å².